The highest BCUT2D eigenvalue weighted by molar-refractivity contribution is 6.31. The van der Waals surface area contributed by atoms with Crippen molar-refractivity contribution in [1.29, 1.82) is 0 Å². The van der Waals surface area contributed by atoms with Gasteiger partial charge in [-0.25, -0.2) is 0 Å². The van der Waals surface area contributed by atoms with E-state index in [0.717, 1.165) is 12.2 Å². The third-order valence-electron chi connectivity index (χ3n) is 4.30. The lowest BCUT2D eigenvalue weighted by atomic mass is 10.1. The summed E-state index contributed by atoms with van der Waals surface area (Å²) in [5.74, 6) is -0.703. The maximum absolute atomic E-state index is 12.6. The average Bonchev–Trinajstić information content (AvgIpc) is 2.88. The van der Waals surface area contributed by atoms with Gasteiger partial charge >= 0.3 is 0 Å². The van der Waals surface area contributed by atoms with E-state index in [0.29, 0.717) is 31.1 Å². The molecule has 2 aliphatic rings. The minimum Gasteiger partial charge on any atom is -0.339 e. The Hall–Kier alpha value is -1.59. The van der Waals surface area contributed by atoms with E-state index < -0.39 is 5.92 Å². The first-order chi connectivity index (χ1) is 10.6. The van der Waals surface area contributed by atoms with Crippen molar-refractivity contribution in [1.82, 2.24) is 10.2 Å². The summed E-state index contributed by atoms with van der Waals surface area (Å²) < 4.78 is 0. The van der Waals surface area contributed by atoms with Crippen molar-refractivity contribution < 1.29 is 9.59 Å². The predicted molar refractivity (Wildman–Crippen MR) is 86.0 cm³/mol. The molecule has 0 radical (unpaired) electrons. The van der Waals surface area contributed by atoms with Crippen LogP contribution in [0.2, 0.25) is 5.02 Å². The summed E-state index contributed by atoms with van der Waals surface area (Å²) in [6.45, 7) is 4.74. The van der Waals surface area contributed by atoms with Gasteiger partial charge in [0.25, 0.3) is 0 Å². The second-order valence-electron chi connectivity index (χ2n) is 5.95. The molecule has 2 amide bonds. The fourth-order valence-electron chi connectivity index (χ4n) is 3.16. The van der Waals surface area contributed by atoms with E-state index >= 15 is 0 Å². The molecule has 0 aliphatic carbocycles. The van der Waals surface area contributed by atoms with E-state index in [2.05, 4.69) is 5.32 Å². The highest BCUT2D eigenvalue weighted by atomic mass is 35.5. The van der Waals surface area contributed by atoms with Crippen LogP contribution in [-0.4, -0.2) is 48.9 Å². The number of benzene rings is 1. The van der Waals surface area contributed by atoms with E-state index in [9.17, 15) is 9.59 Å². The quantitative estimate of drug-likeness (QED) is 0.840. The molecule has 0 spiro atoms. The molecule has 2 heterocycles. The first-order valence-electron chi connectivity index (χ1n) is 7.65. The molecule has 3 rings (SSSR count). The molecular weight excluding hydrogens is 302 g/mol. The molecule has 6 heteroatoms. The van der Waals surface area contributed by atoms with Crippen molar-refractivity contribution in [2.75, 3.05) is 31.1 Å². The van der Waals surface area contributed by atoms with Gasteiger partial charge in [-0.05, 0) is 31.5 Å². The van der Waals surface area contributed by atoms with Crippen LogP contribution < -0.4 is 10.2 Å². The summed E-state index contributed by atoms with van der Waals surface area (Å²) in [6.07, 6.45) is 0.572. The van der Waals surface area contributed by atoms with Crippen molar-refractivity contribution in [3.05, 3.63) is 29.3 Å². The summed E-state index contributed by atoms with van der Waals surface area (Å²) in [4.78, 5) is 28.7. The van der Waals surface area contributed by atoms with Crippen LogP contribution >= 0.6 is 11.6 Å². The van der Waals surface area contributed by atoms with Gasteiger partial charge in [-0.15, -0.1) is 0 Å². The molecule has 5 nitrogen and oxygen atoms in total. The number of nitrogens with one attached hydrogen (secondary N) is 1. The Balaban J connectivity index is 1.72. The Bertz CT molecular complexity index is 593. The van der Waals surface area contributed by atoms with Crippen LogP contribution in [0.3, 0.4) is 0 Å². The van der Waals surface area contributed by atoms with Gasteiger partial charge in [0, 0.05) is 42.9 Å². The smallest absolute Gasteiger partial charge is 0.239 e. The molecule has 118 valence electrons. The lowest BCUT2D eigenvalue weighted by molar-refractivity contribution is -0.140. The zero-order valence-corrected chi connectivity index (χ0v) is 13.3. The molecule has 2 fully saturated rings. The van der Waals surface area contributed by atoms with Crippen LogP contribution in [0.25, 0.3) is 0 Å². The molecule has 0 bridgehead atoms. The summed E-state index contributed by atoms with van der Waals surface area (Å²) in [6, 6.07) is 7.48. The van der Waals surface area contributed by atoms with Gasteiger partial charge in [0.05, 0.1) is 0 Å². The first-order valence-corrected chi connectivity index (χ1v) is 8.03. The Kier molecular flexibility index (Phi) is 4.36. The molecule has 1 N–H and O–H groups in total. The number of hydrogen-bond donors (Lipinski definition) is 1. The van der Waals surface area contributed by atoms with Crippen molar-refractivity contribution in [3.63, 3.8) is 0 Å². The summed E-state index contributed by atoms with van der Waals surface area (Å²) in [5, 5.41) is 3.90. The van der Waals surface area contributed by atoms with Crippen LogP contribution in [0.4, 0.5) is 5.69 Å². The number of amides is 2. The van der Waals surface area contributed by atoms with Crippen LogP contribution in [0, 0.1) is 5.92 Å². The standard InChI is InChI=1S/C16H20ClN3O2/c1-11-10-19(8-6-18-11)15(21)14-5-7-20(16(14)22)13-4-2-3-12(17)9-13/h2-4,9,11,14,18H,5-8,10H2,1H3/t11-,14-/m0/s1. The van der Waals surface area contributed by atoms with Gasteiger partial charge in [0.2, 0.25) is 11.8 Å². The highest BCUT2D eigenvalue weighted by Gasteiger charge is 2.40. The first kappa shape index (κ1) is 15.3. The SMILES string of the molecule is C[C@H]1CN(C(=O)[C@@H]2CCN(c3cccc(Cl)c3)C2=O)CCN1. The van der Waals surface area contributed by atoms with Gasteiger partial charge in [0.15, 0.2) is 0 Å². The zero-order chi connectivity index (χ0) is 15.7. The fourth-order valence-corrected chi connectivity index (χ4v) is 3.35. The molecule has 22 heavy (non-hydrogen) atoms. The molecule has 0 saturated carbocycles. The van der Waals surface area contributed by atoms with Crippen molar-refractivity contribution in [2.24, 2.45) is 5.92 Å². The zero-order valence-electron chi connectivity index (χ0n) is 12.6. The largest absolute Gasteiger partial charge is 0.339 e. The number of carbonyl (C=O) groups is 2. The molecule has 0 aromatic heterocycles. The number of carbonyl (C=O) groups excluding carboxylic acids is 2. The number of nitrogens with zero attached hydrogens (tertiary/aromatic N) is 2. The van der Waals surface area contributed by atoms with Gasteiger partial charge in [-0.3, -0.25) is 9.59 Å². The Labute approximate surface area is 135 Å². The van der Waals surface area contributed by atoms with Crippen LogP contribution in [0.1, 0.15) is 13.3 Å². The highest BCUT2D eigenvalue weighted by Crippen LogP contribution is 2.28. The molecule has 2 saturated heterocycles. The van der Waals surface area contributed by atoms with Crippen molar-refractivity contribution in [3.8, 4) is 0 Å². The summed E-state index contributed by atoms with van der Waals surface area (Å²) in [5.41, 5.74) is 0.765. The summed E-state index contributed by atoms with van der Waals surface area (Å²) >= 11 is 5.99. The van der Waals surface area contributed by atoms with Gasteiger partial charge < -0.3 is 15.1 Å². The van der Waals surface area contributed by atoms with Crippen LogP contribution in [-0.2, 0) is 9.59 Å². The van der Waals surface area contributed by atoms with Crippen molar-refractivity contribution in [2.45, 2.75) is 19.4 Å². The Morgan fingerprint density at radius 1 is 1.36 bits per heavy atom. The topological polar surface area (TPSA) is 52.7 Å². The summed E-state index contributed by atoms with van der Waals surface area (Å²) in [7, 11) is 0. The average molecular weight is 322 g/mol. The monoisotopic (exact) mass is 321 g/mol. The van der Waals surface area contributed by atoms with Crippen LogP contribution in [0.15, 0.2) is 24.3 Å². The number of rotatable bonds is 2. The number of hydrogen-bond acceptors (Lipinski definition) is 3. The van der Waals surface area contributed by atoms with E-state index in [1.165, 1.54) is 0 Å². The molecular formula is C16H20ClN3O2. The number of piperazine rings is 1. The lowest BCUT2D eigenvalue weighted by Gasteiger charge is -2.33. The maximum atomic E-state index is 12.6. The molecule has 1 aromatic rings. The van der Waals surface area contributed by atoms with E-state index in [-0.39, 0.29) is 17.9 Å². The third-order valence-corrected chi connectivity index (χ3v) is 4.54. The second kappa shape index (κ2) is 6.26. The molecule has 0 unspecified atom stereocenters. The van der Waals surface area contributed by atoms with E-state index in [1.54, 1.807) is 17.0 Å². The Morgan fingerprint density at radius 3 is 2.91 bits per heavy atom. The minimum atomic E-state index is -0.552. The Morgan fingerprint density at radius 2 is 2.18 bits per heavy atom. The third kappa shape index (κ3) is 2.96. The molecule has 2 atom stereocenters. The maximum Gasteiger partial charge on any atom is 0.239 e. The lowest BCUT2D eigenvalue weighted by Crippen LogP contribution is -2.53. The minimum absolute atomic E-state index is 0.0390. The predicted octanol–water partition coefficient (Wildman–Crippen LogP) is 1.51. The fraction of sp³-hybridized carbons (Fsp3) is 0.500. The number of anilines is 1. The van der Waals surface area contributed by atoms with Crippen molar-refractivity contribution >= 4 is 29.1 Å². The van der Waals surface area contributed by atoms with E-state index in [1.807, 2.05) is 24.0 Å². The normalized spacial score (nSPS) is 25.6. The molecule has 1 aromatic carbocycles. The van der Waals surface area contributed by atoms with E-state index in [4.69, 9.17) is 11.6 Å². The molecule has 2 aliphatic heterocycles. The van der Waals surface area contributed by atoms with Gasteiger partial charge in [-0.2, -0.15) is 0 Å². The second-order valence-corrected chi connectivity index (χ2v) is 6.39. The van der Waals surface area contributed by atoms with Gasteiger partial charge in [0.1, 0.15) is 5.92 Å². The number of halogens is 1. The van der Waals surface area contributed by atoms with Gasteiger partial charge in [-0.1, -0.05) is 17.7 Å². The van der Waals surface area contributed by atoms with Crippen LogP contribution in [0.5, 0.6) is 0 Å².